The predicted octanol–water partition coefficient (Wildman–Crippen LogP) is 4.13. The summed E-state index contributed by atoms with van der Waals surface area (Å²) in [5, 5.41) is 3.14. The molecule has 17 heavy (non-hydrogen) atoms. The van der Waals surface area contributed by atoms with E-state index in [1.54, 1.807) is 6.92 Å². The molecule has 1 aliphatic rings. The molecule has 0 spiro atoms. The zero-order valence-corrected chi connectivity index (χ0v) is 11.0. The normalized spacial score (nSPS) is 28.4. The van der Waals surface area contributed by atoms with Crippen LogP contribution in [0.1, 0.15) is 52.9 Å². The van der Waals surface area contributed by atoms with E-state index < -0.39 is 18.6 Å². The Morgan fingerprint density at radius 3 is 2.35 bits per heavy atom. The first-order valence-electron chi connectivity index (χ1n) is 6.60. The summed E-state index contributed by atoms with van der Waals surface area (Å²) >= 11 is 0. The molecule has 0 saturated heterocycles. The van der Waals surface area contributed by atoms with Crippen molar-refractivity contribution in [2.75, 3.05) is 0 Å². The first-order valence-corrected chi connectivity index (χ1v) is 6.60. The Balaban J connectivity index is 2.35. The van der Waals surface area contributed by atoms with Crippen molar-refractivity contribution in [2.45, 2.75) is 71.1 Å². The second-order valence-corrected chi connectivity index (χ2v) is 5.75. The molecule has 0 heterocycles. The van der Waals surface area contributed by atoms with Gasteiger partial charge in [0.2, 0.25) is 0 Å². The van der Waals surface area contributed by atoms with Crippen molar-refractivity contribution >= 4 is 0 Å². The van der Waals surface area contributed by atoms with E-state index in [2.05, 4.69) is 19.2 Å². The monoisotopic (exact) mass is 251 g/mol. The molecule has 1 fully saturated rings. The van der Waals surface area contributed by atoms with Gasteiger partial charge in [0.25, 0.3) is 0 Å². The summed E-state index contributed by atoms with van der Waals surface area (Å²) in [4.78, 5) is 0. The lowest BCUT2D eigenvalue weighted by molar-refractivity contribution is -0.139. The van der Waals surface area contributed by atoms with Gasteiger partial charge in [-0.3, -0.25) is 0 Å². The van der Waals surface area contributed by atoms with Gasteiger partial charge >= 0.3 is 6.18 Å². The Bertz CT molecular complexity index is 225. The molecule has 1 rings (SSSR count). The molecule has 0 aromatic carbocycles. The third-order valence-corrected chi connectivity index (χ3v) is 3.72. The highest BCUT2D eigenvalue weighted by molar-refractivity contribution is 4.81. The van der Waals surface area contributed by atoms with Gasteiger partial charge in [-0.05, 0) is 31.6 Å². The van der Waals surface area contributed by atoms with Gasteiger partial charge in [0, 0.05) is 12.1 Å². The summed E-state index contributed by atoms with van der Waals surface area (Å²) in [6.45, 7) is 6.03. The summed E-state index contributed by atoms with van der Waals surface area (Å²) in [5.41, 5.74) is 0. The Labute approximate surface area is 102 Å². The van der Waals surface area contributed by atoms with E-state index in [4.69, 9.17) is 0 Å². The average Bonchev–Trinajstić information content (AvgIpc) is 2.14. The molecule has 0 aromatic heterocycles. The summed E-state index contributed by atoms with van der Waals surface area (Å²) in [6, 6.07) is -0.195. The lowest BCUT2D eigenvalue weighted by Gasteiger charge is -2.34. The number of hydrogen-bond donors (Lipinski definition) is 1. The van der Waals surface area contributed by atoms with Crippen LogP contribution in [-0.4, -0.2) is 18.3 Å². The molecule has 0 aliphatic heterocycles. The third kappa shape index (κ3) is 5.75. The average molecular weight is 251 g/mol. The molecule has 1 aliphatic carbocycles. The number of halogens is 3. The van der Waals surface area contributed by atoms with Gasteiger partial charge in [-0.25, -0.2) is 0 Å². The Morgan fingerprint density at radius 2 is 1.82 bits per heavy atom. The fraction of sp³-hybridized carbons (Fsp3) is 1.00. The lowest BCUT2D eigenvalue weighted by atomic mass is 9.79. The molecule has 3 unspecified atom stereocenters. The van der Waals surface area contributed by atoms with Crippen LogP contribution in [0.25, 0.3) is 0 Å². The number of rotatable bonds is 4. The first-order chi connectivity index (χ1) is 7.78. The lowest BCUT2D eigenvalue weighted by Crippen LogP contribution is -2.42. The van der Waals surface area contributed by atoms with Gasteiger partial charge in [0.05, 0.1) is 6.42 Å². The van der Waals surface area contributed by atoms with Crippen LogP contribution < -0.4 is 5.32 Å². The standard InChI is InChI=1S/C13H24F3N/c1-9(2)11-5-4-6-12(7-11)17-10(3)8-13(14,15)16/h9-12,17H,4-8H2,1-3H3. The second-order valence-electron chi connectivity index (χ2n) is 5.75. The van der Waals surface area contributed by atoms with Crippen LogP contribution >= 0.6 is 0 Å². The molecule has 4 heteroatoms. The molecular weight excluding hydrogens is 227 g/mol. The molecule has 3 atom stereocenters. The maximum absolute atomic E-state index is 12.2. The number of nitrogens with one attached hydrogen (secondary N) is 1. The molecule has 102 valence electrons. The predicted molar refractivity (Wildman–Crippen MR) is 63.9 cm³/mol. The minimum atomic E-state index is -4.06. The minimum absolute atomic E-state index is 0.272. The smallest absolute Gasteiger partial charge is 0.311 e. The molecule has 1 N–H and O–H groups in total. The van der Waals surface area contributed by atoms with E-state index in [0.717, 1.165) is 19.3 Å². The van der Waals surface area contributed by atoms with Crippen LogP contribution in [0, 0.1) is 11.8 Å². The van der Waals surface area contributed by atoms with Crippen LogP contribution in [0.2, 0.25) is 0 Å². The SMILES string of the molecule is CC(CC(F)(F)F)NC1CCCC(C(C)C)C1. The summed E-state index contributed by atoms with van der Waals surface area (Å²) in [5.74, 6) is 1.30. The van der Waals surface area contributed by atoms with Crippen molar-refractivity contribution in [1.82, 2.24) is 5.32 Å². The maximum Gasteiger partial charge on any atom is 0.390 e. The third-order valence-electron chi connectivity index (χ3n) is 3.72. The Hall–Kier alpha value is -0.250. The van der Waals surface area contributed by atoms with Gasteiger partial charge in [0.1, 0.15) is 0 Å². The van der Waals surface area contributed by atoms with E-state index in [0.29, 0.717) is 11.8 Å². The van der Waals surface area contributed by atoms with Gasteiger partial charge in [-0.15, -0.1) is 0 Å². The highest BCUT2D eigenvalue weighted by Gasteiger charge is 2.32. The van der Waals surface area contributed by atoms with Crippen molar-refractivity contribution in [1.29, 1.82) is 0 Å². The van der Waals surface area contributed by atoms with Crippen LogP contribution in [0.5, 0.6) is 0 Å². The van der Waals surface area contributed by atoms with Crippen molar-refractivity contribution in [3.63, 3.8) is 0 Å². The molecule has 1 saturated carbocycles. The highest BCUT2D eigenvalue weighted by atomic mass is 19.4. The molecule has 0 bridgehead atoms. The molecule has 0 radical (unpaired) electrons. The van der Waals surface area contributed by atoms with Crippen LogP contribution in [0.4, 0.5) is 13.2 Å². The van der Waals surface area contributed by atoms with E-state index in [1.165, 1.54) is 6.42 Å². The summed E-state index contributed by atoms with van der Waals surface area (Å²) < 4.78 is 36.7. The zero-order valence-electron chi connectivity index (χ0n) is 11.0. The van der Waals surface area contributed by atoms with E-state index >= 15 is 0 Å². The summed E-state index contributed by atoms with van der Waals surface area (Å²) in [7, 11) is 0. The quantitative estimate of drug-likeness (QED) is 0.792. The van der Waals surface area contributed by atoms with Crippen LogP contribution in [0.3, 0.4) is 0 Å². The largest absolute Gasteiger partial charge is 0.390 e. The van der Waals surface area contributed by atoms with Crippen LogP contribution in [-0.2, 0) is 0 Å². The second kappa shape index (κ2) is 6.07. The van der Waals surface area contributed by atoms with Crippen molar-refractivity contribution in [3.05, 3.63) is 0 Å². The fourth-order valence-corrected chi connectivity index (χ4v) is 2.79. The maximum atomic E-state index is 12.2. The zero-order chi connectivity index (χ0) is 13.1. The Morgan fingerprint density at radius 1 is 1.18 bits per heavy atom. The minimum Gasteiger partial charge on any atom is -0.311 e. The Kier molecular flexibility index (Phi) is 5.29. The molecule has 0 aromatic rings. The first kappa shape index (κ1) is 14.8. The van der Waals surface area contributed by atoms with Crippen molar-refractivity contribution < 1.29 is 13.2 Å². The molecule has 0 amide bonds. The van der Waals surface area contributed by atoms with Gasteiger partial charge < -0.3 is 5.32 Å². The van der Waals surface area contributed by atoms with Gasteiger partial charge in [0.15, 0.2) is 0 Å². The van der Waals surface area contributed by atoms with Crippen molar-refractivity contribution in [3.8, 4) is 0 Å². The van der Waals surface area contributed by atoms with Gasteiger partial charge in [-0.1, -0.05) is 26.7 Å². The van der Waals surface area contributed by atoms with Gasteiger partial charge in [-0.2, -0.15) is 13.2 Å². The van der Waals surface area contributed by atoms with Crippen LogP contribution in [0.15, 0.2) is 0 Å². The number of alkyl halides is 3. The summed E-state index contributed by atoms with van der Waals surface area (Å²) in [6.07, 6.45) is -0.373. The topological polar surface area (TPSA) is 12.0 Å². The van der Waals surface area contributed by atoms with E-state index in [1.807, 2.05) is 0 Å². The van der Waals surface area contributed by atoms with E-state index in [-0.39, 0.29) is 6.04 Å². The number of hydrogen-bond acceptors (Lipinski definition) is 1. The highest BCUT2D eigenvalue weighted by Crippen LogP contribution is 2.30. The van der Waals surface area contributed by atoms with E-state index in [9.17, 15) is 13.2 Å². The molecule has 1 nitrogen and oxygen atoms in total. The van der Waals surface area contributed by atoms with Crippen molar-refractivity contribution in [2.24, 2.45) is 11.8 Å². The fourth-order valence-electron chi connectivity index (χ4n) is 2.79. The molecular formula is C13H24F3N.